The van der Waals surface area contributed by atoms with Gasteiger partial charge in [-0.05, 0) is 37.3 Å². The van der Waals surface area contributed by atoms with Crippen LogP contribution in [0.25, 0.3) is 0 Å². The second kappa shape index (κ2) is 15.0. The summed E-state index contributed by atoms with van der Waals surface area (Å²) in [6.45, 7) is 14.0. The van der Waals surface area contributed by atoms with E-state index in [1.807, 2.05) is 6.92 Å². The Hall–Kier alpha value is 0.0869. The lowest BCUT2D eigenvalue weighted by Gasteiger charge is -2.36. The van der Waals surface area contributed by atoms with Crippen molar-refractivity contribution in [2.45, 2.75) is 135 Å². The molecular formula is C23H50O4SSi. The van der Waals surface area contributed by atoms with E-state index < -0.39 is 37.3 Å². The molecule has 0 aromatic carbocycles. The quantitative estimate of drug-likeness (QED) is 0.123. The summed E-state index contributed by atoms with van der Waals surface area (Å²) < 4.78 is 67.6. The van der Waals surface area contributed by atoms with Gasteiger partial charge in [0.2, 0.25) is 0 Å². The third-order valence-electron chi connectivity index (χ3n) is 5.59. The van der Waals surface area contributed by atoms with Crippen LogP contribution in [-0.4, -0.2) is 35.7 Å². The average Bonchev–Trinajstić information content (AvgIpc) is 2.64. The van der Waals surface area contributed by atoms with E-state index in [0.717, 1.165) is 57.8 Å². The van der Waals surface area contributed by atoms with E-state index in [1.165, 1.54) is 0 Å². The van der Waals surface area contributed by atoms with Crippen molar-refractivity contribution in [3.05, 3.63) is 0 Å². The van der Waals surface area contributed by atoms with E-state index in [2.05, 4.69) is 33.9 Å². The van der Waals surface area contributed by atoms with Gasteiger partial charge in [0.15, 0.2) is 8.32 Å². The smallest absolute Gasteiger partial charge is 0.264 e. The number of hydrogen-bond donors (Lipinski definition) is 0. The van der Waals surface area contributed by atoms with Crippen molar-refractivity contribution in [3.8, 4) is 0 Å². The largest absolute Gasteiger partial charge is 0.417 e. The molecule has 0 aliphatic heterocycles. The maximum absolute atomic E-state index is 11.6. The van der Waals surface area contributed by atoms with Crippen molar-refractivity contribution in [2.24, 2.45) is 0 Å². The predicted molar refractivity (Wildman–Crippen MR) is 129 cm³/mol. The van der Waals surface area contributed by atoms with Gasteiger partial charge in [-0.1, -0.05) is 91.9 Å². The first-order valence-electron chi connectivity index (χ1n) is 13.4. The molecule has 6 heteroatoms. The highest BCUT2D eigenvalue weighted by Crippen LogP contribution is 2.36. The Bertz CT molecular complexity index is 649. The summed E-state index contributed by atoms with van der Waals surface area (Å²) in [6.07, 6.45) is 3.38. The van der Waals surface area contributed by atoms with Crippen molar-refractivity contribution >= 4 is 18.4 Å². The van der Waals surface area contributed by atoms with E-state index >= 15 is 0 Å². The monoisotopic (exact) mass is 454 g/mol. The summed E-state index contributed by atoms with van der Waals surface area (Å²) in [7, 11) is -5.53. The van der Waals surface area contributed by atoms with Gasteiger partial charge >= 0.3 is 0 Å². The average molecular weight is 455 g/mol. The predicted octanol–water partition coefficient (Wildman–Crippen LogP) is 7.44. The lowest BCUT2D eigenvalue weighted by molar-refractivity contribution is 0.183. The van der Waals surface area contributed by atoms with Crippen LogP contribution in [0.1, 0.15) is 117 Å². The maximum atomic E-state index is 11.6. The van der Waals surface area contributed by atoms with Crippen LogP contribution in [0.5, 0.6) is 0 Å². The summed E-state index contributed by atoms with van der Waals surface area (Å²) in [5.74, 6) is 0. The first-order valence-corrected chi connectivity index (χ1v) is 16.1. The van der Waals surface area contributed by atoms with Crippen LogP contribution in [-0.2, 0) is 18.7 Å². The molecule has 0 fully saturated rings. The highest BCUT2D eigenvalue weighted by atomic mass is 32.2. The number of rotatable bonds is 18. The molecule has 0 radical (unpaired) electrons. The van der Waals surface area contributed by atoms with Crippen LogP contribution >= 0.6 is 0 Å². The zero-order chi connectivity index (χ0) is 26.0. The zero-order valence-electron chi connectivity index (χ0n) is 24.1. The molecule has 0 N–H and O–H groups in total. The fourth-order valence-corrected chi connectivity index (χ4v) is 4.33. The van der Waals surface area contributed by atoms with Crippen molar-refractivity contribution in [1.29, 1.82) is 0 Å². The minimum absolute atomic E-state index is 0.0517. The van der Waals surface area contributed by atoms with Crippen LogP contribution in [0.15, 0.2) is 0 Å². The second-order valence-electron chi connectivity index (χ2n) is 9.59. The van der Waals surface area contributed by atoms with Crippen LogP contribution < -0.4 is 0 Å². The van der Waals surface area contributed by atoms with E-state index in [0.29, 0.717) is 12.8 Å². The van der Waals surface area contributed by atoms with Gasteiger partial charge in [0.25, 0.3) is 10.1 Å². The van der Waals surface area contributed by atoms with Gasteiger partial charge in [0.05, 0.1) is 12.4 Å². The Morgan fingerprint density at radius 2 is 1.45 bits per heavy atom. The molecule has 0 saturated heterocycles. The molecule has 176 valence electrons. The maximum Gasteiger partial charge on any atom is 0.264 e. The highest BCUT2D eigenvalue weighted by Gasteiger charge is 2.36. The van der Waals surface area contributed by atoms with Crippen LogP contribution in [0.4, 0.5) is 0 Å². The van der Waals surface area contributed by atoms with Gasteiger partial charge in [0.1, 0.15) is 0 Å². The lowest BCUT2D eigenvalue weighted by atomic mass is 10.0. The first-order chi connectivity index (χ1) is 14.9. The normalized spacial score (nSPS) is 17.3. The lowest BCUT2D eigenvalue weighted by Crippen LogP contribution is -2.40. The second-order valence-corrected chi connectivity index (χ2v) is 16.0. The topological polar surface area (TPSA) is 52.6 Å². The van der Waals surface area contributed by atoms with E-state index in [1.54, 1.807) is 0 Å². The molecule has 1 atom stereocenters. The third-order valence-corrected chi connectivity index (χ3v) is 10.7. The molecular weight excluding hydrogens is 400 g/mol. The molecule has 0 aliphatic carbocycles. The van der Waals surface area contributed by atoms with Gasteiger partial charge in [-0.3, -0.25) is 4.18 Å². The molecule has 0 saturated carbocycles. The summed E-state index contributed by atoms with van der Waals surface area (Å²) in [6, 6.07) is 0. The molecule has 0 rings (SSSR count). The molecule has 0 aromatic rings. The zero-order valence-corrected chi connectivity index (χ0v) is 21.9. The van der Waals surface area contributed by atoms with Gasteiger partial charge in [0, 0.05) is 12.1 Å². The van der Waals surface area contributed by atoms with Gasteiger partial charge in [-0.15, -0.1) is 0 Å². The molecule has 4 nitrogen and oxygen atoms in total. The van der Waals surface area contributed by atoms with Crippen molar-refractivity contribution in [1.82, 2.24) is 0 Å². The summed E-state index contributed by atoms with van der Waals surface area (Å²) >= 11 is 0. The molecule has 0 aromatic heterocycles. The Morgan fingerprint density at radius 1 is 0.931 bits per heavy atom. The van der Waals surface area contributed by atoms with E-state index in [4.69, 9.17) is 14.1 Å². The Balaban J connectivity index is 4.32. The Kier molecular flexibility index (Phi) is 11.5. The van der Waals surface area contributed by atoms with Crippen LogP contribution in [0.3, 0.4) is 0 Å². The van der Waals surface area contributed by atoms with Gasteiger partial charge in [-0.2, -0.15) is 8.42 Å². The molecule has 0 heterocycles. The summed E-state index contributed by atoms with van der Waals surface area (Å²) in [5.41, 5.74) is 0. The van der Waals surface area contributed by atoms with Gasteiger partial charge < -0.3 is 4.43 Å². The van der Waals surface area contributed by atoms with Gasteiger partial charge in [-0.25, -0.2) is 0 Å². The third kappa shape index (κ3) is 16.5. The van der Waals surface area contributed by atoms with Crippen molar-refractivity contribution in [3.63, 3.8) is 0 Å². The minimum atomic E-state index is -3.87. The molecule has 29 heavy (non-hydrogen) atoms. The molecule has 0 bridgehead atoms. The van der Waals surface area contributed by atoms with Crippen LogP contribution in [0, 0.1) is 0 Å². The summed E-state index contributed by atoms with van der Waals surface area (Å²) in [5, 5.41) is 0.237. The standard InChI is InChI=1S/C23H50O4SSi/c1-8-9-19-22(27-28(5,24)25)20-17-15-13-11-10-12-14-16-18-21-26-29(6,7)23(2,3)4/h22H,8-21H2,1-7H3/t22-/m0/s1/i17D2,20D2. The molecule has 0 aliphatic rings. The summed E-state index contributed by atoms with van der Waals surface area (Å²) in [4.78, 5) is 0. The van der Waals surface area contributed by atoms with E-state index in [9.17, 15) is 8.42 Å². The number of hydrogen-bond acceptors (Lipinski definition) is 4. The highest BCUT2D eigenvalue weighted by molar-refractivity contribution is 7.86. The SMILES string of the molecule is [2H]C([2H])(CCCCCCCCCO[Si](C)(C)C(C)(C)C)C([2H])([2H])[C@H](CCCC)OS(C)(=O)=O. The fraction of sp³-hybridized carbons (Fsp3) is 1.00. The molecule has 0 spiro atoms. The number of unbranched alkanes of at least 4 members (excludes halogenated alkanes) is 7. The fourth-order valence-electron chi connectivity index (χ4n) is 2.67. The Morgan fingerprint density at radius 3 is 1.93 bits per heavy atom. The van der Waals surface area contributed by atoms with E-state index in [-0.39, 0.29) is 17.9 Å². The van der Waals surface area contributed by atoms with Crippen LogP contribution in [0.2, 0.25) is 18.1 Å². The first kappa shape index (κ1) is 22.3. The van der Waals surface area contributed by atoms with Crippen molar-refractivity contribution < 1.29 is 22.5 Å². The minimum Gasteiger partial charge on any atom is -0.417 e. The Labute approximate surface area is 189 Å². The molecule has 0 unspecified atom stereocenters. The van der Waals surface area contributed by atoms with Crippen molar-refractivity contribution in [2.75, 3.05) is 12.9 Å². The molecule has 0 amide bonds.